The van der Waals surface area contributed by atoms with Gasteiger partial charge in [0.15, 0.2) is 11.5 Å². The van der Waals surface area contributed by atoms with Gasteiger partial charge in [0.25, 0.3) is 0 Å². The van der Waals surface area contributed by atoms with E-state index in [4.69, 9.17) is 20.2 Å². The van der Waals surface area contributed by atoms with Gasteiger partial charge >= 0.3 is 0 Å². The van der Waals surface area contributed by atoms with Crippen LogP contribution in [0.3, 0.4) is 0 Å². The standard InChI is InChI=1S/C15H21N3O2/c1-2-15-17-11-9-13-14(20-8-7-19-13)10-12(11)18(15)6-4-3-5-16/h9-10H,2-8,16H2,1H3. The molecule has 0 bridgehead atoms. The summed E-state index contributed by atoms with van der Waals surface area (Å²) in [4.78, 5) is 4.71. The van der Waals surface area contributed by atoms with Crippen LogP contribution >= 0.6 is 0 Å². The summed E-state index contributed by atoms with van der Waals surface area (Å²) in [5, 5.41) is 0. The van der Waals surface area contributed by atoms with Crippen molar-refractivity contribution in [3.8, 4) is 11.5 Å². The number of nitrogens with two attached hydrogens (primary N) is 1. The van der Waals surface area contributed by atoms with Crippen molar-refractivity contribution in [2.75, 3.05) is 19.8 Å². The predicted molar refractivity (Wildman–Crippen MR) is 78.4 cm³/mol. The van der Waals surface area contributed by atoms with Crippen LogP contribution < -0.4 is 15.2 Å². The average molecular weight is 275 g/mol. The van der Waals surface area contributed by atoms with Crippen molar-refractivity contribution in [2.45, 2.75) is 32.7 Å². The van der Waals surface area contributed by atoms with Crippen LogP contribution in [0.4, 0.5) is 0 Å². The van der Waals surface area contributed by atoms with E-state index in [-0.39, 0.29) is 0 Å². The van der Waals surface area contributed by atoms with Crippen molar-refractivity contribution in [3.05, 3.63) is 18.0 Å². The summed E-state index contributed by atoms with van der Waals surface area (Å²) in [6, 6.07) is 4.04. The Morgan fingerprint density at radius 2 is 1.95 bits per heavy atom. The zero-order valence-corrected chi connectivity index (χ0v) is 11.9. The topological polar surface area (TPSA) is 62.3 Å². The fourth-order valence-electron chi connectivity index (χ4n) is 2.65. The van der Waals surface area contributed by atoms with E-state index < -0.39 is 0 Å². The van der Waals surface area contributed by atoms with Crippen molar-refractivity contribution in [3.63, 3.8) is 0 Å². The van der Waals surface area contributed by atoms with Gasteiger partial charge in [-0.3, -0.25) is 0 Å². The average Bonchev–Trinajstić information content (AvgIpc) is 2.82. The van der Waals surface area contributed by atoms with Gasteiger partial charge < -0.3 is 19.8 Å². The molecule has 0 saturated heterocycles. The number of fused-ring (bicyclic) bond motifs is 2. The van der Waals surface area contributed by atoms with Crippen LogP contribution in [0.5, 0.6) is 11.5 Å². The highest BCUT2D eigenvalue weighted by molar-refractivity contribution is 5.80. The highest BCUT2D eigenvalue weighted by Crippen LogP contribution is 2.34. The number of hydrogen-bond acceptors (Lipinski definition) is 4. The molecule has 0 fully saturated rings. The highest BCUT2D eigenvalue weighted by Gasteiger charge is 2.17. The number of nitrogens with zero attached hydrogens (tertiary/aromatic N) is 2. The third-order valence-corrected chi connectivity index (χ3v) is 3.64. The number of aryl methyl sites for hydroxylation is 2. The molecule has 1 aromatic heterocycles. The summed E-state index contributed by atoms with van der Waals surface area (Å²) in [5.74, 6) is 2.74. The Morgan fingerprint density at radius 3 is 2.65 bits per heavy atom. The van der Waals surface area contributed by atoms with E-state index in [0.717, 1.165) is 60.7 Å². The summed E-state index contributed by atoms with van der Waals surface area (Å²) in [5.41, 5.74) is 7.69. The number of rotatable bonds is 5. The number of imidazole rings is 1. The first-order valence-corrected chi connectivity index (χ1v) is 7.32. The van der Waals surface area contributed by atoms with Crippen LogP contribution in [0, 0.1) is 0 Å². The lowest BCUT2D eigenvalue weighted by atomic mass is 10.2. The van der Waals surface area contributed by atoms with Crippen molar-refractivity contribution >= 4 is 11.0 Å². The second-order valence-electron chi connectivity index (χ2n) is 5.01. The second-order valence-corrected chi connectivity index (χ2v) is 5.01. The summed E-state index contributed by atoms with van der Waals surface area (Å²) >= 11 is 0. The summed E-state index contributed by atoms with van der Waals surface area (Å²) in [7, 11) is 0. The first-order chi connectivity index (χ1) is 9.83. The monoisotopic (exact) mass is 275 g/mol. The molecule has 108 valence electrons. The number of hydrogen-bond donors (Lipinski definition) is 1. The summed E-state index contributed by atoms with van der Waals surface area (Å²) < 4.78 is 13.6. The van der Waals surface area contributed by atoms with Crippen LogP contribution in [0.2, 0.25) is 0 Å². The maximum atomic E-state index is 5.67. The number of benzene rings is 1. The molecule has 0 radical (unpaired) electrons. The molecule has 5 nitrogen and oxygen atoms in total. The van der Waals surface area contributed by atoms with Crippen molar-refractivity contribution in [1.29, 1.82) is 0 Å². The van der Waals surface area contributed by atoms with Crippen LogP contribution in [0.25, 0.3) is 11.0 Å². The van der Waals surface area contributed by atoms with Crippen molar-refractivity contribution in [1.82, 2.24) is 9.55 Å². The third kappa shape index (κ3) is 2.33. The minimum Gasteiger partial charge on any atom is -0.486 e. The van der Waals surface area contributed by atoms with Crippen LogP contribution in [0.1, 0.15) is 25.6 Å². The molecular weight excluding hydrogens is 254 g/mol. The fraction of sp³-hybridized carbons (Fsp3) is 0.533. The fourth-order valence-corrected chi connectivity index (χ4v) is 2.65. The number of ether oxygens (including phenoxy) is 2. The molecule has 0 unspecified atom stereocenters. The lowest BCUT2D eigenvalue weighted by molar-refractivity contribution is 0.172. The number of unbranched alkanes of at least 4 members (excludes halogenated alkanes) is 1. The largest absolute Gasteiger partial charge is 0.486 e. The first kappa shape index (κ1) is 13.2. The van der Waals surface area contributed by atoms with Crippen LogP contribution in [-0.4, -0.2) is 29.3 Å². The molecule has 20 heavy (non-hydrogen) atoms. The van der Waals surface area contributed by atoms with Gasteiger partial charge in [-0.05, 0) is 19.4 Å². The zero-order chi connectivity index (χ0) is 13.9. The van der Waals surface area contributed by atoms with Crippen LogP contribution in [-0.2, 0) is 13.0 Å². The molecule has 2 aromatic rings. The van der Waals surface area contributed by atoms with E-state index in [1.807, 2.05) is 6.07 Å². The van der Waals surface area contributed by atoms with Crippen LogP contribution in [0.15, 0.2) is 12.1 Å². The minimum atomic E-state index is 0.607. The van der Waals surface area contributed by atoms with Gasteiger partial charge in [0, 0.05) is 25.1 Å². The zero-order valence-electron chi connectivity index (χ0n) is 11.9. The lowest BCUT2D eigenvalue weighted by Crippen LogP contribution is -2.15. The lowest BCUT2D eigenvalue weighted by Gasteiger charge is -2.18. The Bertz CT molecular complexity index is 607. The predicted octanol–water partition coefficient (Wildman–Crippen LogP) is 2.11. The SMILES string of the molecule is CCc1nc2cc3c(cc2n1CCCCN)OCCO3. The van der Waals surface area contributed by atoms with Gasteiger partial charge in [-0.1, -0.05) is 6.92 Å². The van der Waals surface area contributed by atoms with E-state index in [1.54, 1.807) is 0 Å². The molecule has 0 saturated carbocycles. The van der Waals surface area contributed by atoms with E-state index in [0.29, 0.717) is 13.2 Å². The van der Waals surface area contributed by atoms with E-state index in [9.17, 15) is 0 Å². The highest BCUT2D eigenvalue weighted by atomic mass is 16.6. The summed E-state index contributed by atoms with van der Waals surface area (Å²) in [6.45, 7) is 5.04. The smallest absolute Gasteiger partial charge is 0.163 e. The Morgan fingerprint density at radius 1 is 1.20 bits per heavy atom. The quantitative estimate of drug-likeness (QED) is 0.849. The van der Waals surface area contributed by atoms with E-state index >= 15 is 0 Å². The Labute approximate surface area is 118 Å². The molecule has 0 aliphatic carbocycles. The Balaban J connectivity index is 2.02. The Hall–Kier alpha value is -1.75. The molecule has 3 rings (SSSR count). The van der Waals surface area contributed by atoms with Gasteiger partial charge in [-0.2, -0.15) is 0 Å². The molecule has 0 atom stereocenters. The first-order valence-electron chi connectivity index (χ1n) is 7.32. The maximum Gasteiger partial charge on any atom is 0.163 e. The molecule has 1 aromatic carbocycles. The van der Waals surface area contributed by atoms with Gasteiger partial charge in [0.1, 0.15) is 19.0 Å². The molecule has 0 spiro atoms. The third-order valence-electron chi connectivity index (χ3n) is 3.64. The summed E-state index contributed by atoms with van der Waals surface area (Å²) in [6.07, 6.45) is 3.03. The van der Waals surface area contributed by atoms with E-state index in [1.165, 1.54) is 0 Å². The van der Waals surface area contributed by atoms with Gasteiger partial charge in [0.05, 0.1) is 11.0 Å². The molecule has 2 N–H and O–H groups in total. The molecule has 5 heteroatoms. The number of aromatic nitrogens is 2. The Kier molecular flexibility index (Phi) is 3.78. The molecule has 2 heterocycles. The van der Waals surface area contributed by atoms with Gasteiger partial charge in [-0.25, -0.2) is 4.98 Å². The molecule has 1 aliphatic rings. The molecule has 1 aliphatic heterocycles. The minimum absolute atomic E-state index is 0.607. The molecule has 0 amide bonds. The van der Waals surface area contributed by atoms with Gasteiger partial charge in [-0.15, -0.1) is 0 Å². The van der Waals surface area contributed by atoms with E-state index in [2.05, 4.69) is 17.6 Å². The van der Waals surface area contributed by atoms with Crippen molar-refractivity contribution < 1.29 is 9.47 Å². The van der Waals surface area contributed by atoms with Crippen molar-refractivity contribution in [2.24, 2.45) is 5.73 Å². The second kappa shape index (κ2) is 5.71. The molecular formula is C15H21N3O2. The van der Waals surface area contributed by atoms with Gasteiger partial charge in [0.2, 0.25) is 0 Å². The maximum absolute atomic E-state index is 5.67. The normalized spacial score (nSPS) is 13.9.